The maximum Gasteiger partial charge on any atom is 0.169 e. The molecule has 22 heavy (non-hydrogen) atoms. The summed E-state index contributed by atoms with van der Waals surface area (Å²) in [5, 5.41) is -0.899. The molecule has 0 saturated carbocycles. The van der Waals surface area contributed by atoms with Crippen molar-refractivity contribution in [3.8, 4) is 11.1 Å². The van der Waals surface area contributed by atoms with E-state index in [1.54, 1.807) is 0 Å². The summed E-state index contributed by atoms with van der Waals surface area (Å²) >= 11 is 0. The smallest absolute Gasteiger partial charge is 0.169 e. The molecule has 3 aromatic rings. The van der Waals surface area contributed by atoms with Gasteiger partial charge in [-0.3, -0.25) is 0 Å². The van der Waals surface area contributed by atoms with Gasteiger partial charge in [-0.05, 0) is 29.1 Å². The predicted octanol–water partition coefficient (Wildman–Crippen LogP) is 5.34. The number of fused-ring (bicyclic) bond motifs is 1. The molecule has 0 saturated heterocycles. The lowest BCUT2D eigenvalue weighted by Crippen LogP contribution is -1.96. The van der Waals surface area contributed by atoms with Crippen LogP contribution in [0.15, 0.2) is 36.4 Å². The SMILES string of the molecule is Fc1cc(F)c(F)c(-c2ccc(F)c3c(F)c(F)ccc23)c1. The van der Waals surface area contributed by atoms with E-state index in [2.05, 4.69) is 0 Å². The zero-order valence-corrected chi connectivity index (χ0v) is 10.7. The fourth-order valence-corrected chi connectivity index (χ4v) is 2.33. The summed E-state index contributed by atoms with van der Waals surface area (Å²) in [7, 11) is 0. The van der Waals surface area contributed by atoms with Gasteiger partial charge in [0.25, 0.3) is 0 Å². The summed E-state index contributed by atoms with van der Waals surface area (Å²) in [5.74, 6) is -7.64. The molecule has 0 aliphatic rings. The molecule has 112 valence electrons. The lowest BCUT2D eigenvalue weighted by atomic mass is 9.97. The minimum absolute atomic E-state index is 0.147. The minimum atomic E-state index is -1.45. The average Bonchev–Trinajstić information content (AvgIpc) is 2.47. The van der Waals surface area contributed by atoms with Gasteiger partial charge in [-0.1, -0.05) is 12.1 Å². The van der Waals surface area contributed by atoms with E-state index in [-0.39, 0.29) is 10.9 Å². The van der Waals surface area contributed by atoms with Gasteiger partial charge in [0, 0.05) is 11.6 Å². The molecule has 0 atom stereocenters. The highest BCUT2D eigenvalue weighted by atomic mass is 19.2. The molecule has 0 nitrogen and oxygen atoms in total. The first-order valence-electron chi connectivity index (χ1n) is 6.11. The Bertz CT molecular complexity index is 901. The van der Waals surface area contributed by atoms with Gasteiger partial charge in [0.05, 0.1) is 5.39 Å². The summed E-state index contributed by atoms with van der Waals surface area (Å²) in [6.45, 7) is 0. The highest BCUT2D eigenvalue weighted by Gasteiger charge is 2.19. The van der Waals surface area contributed by atoms with Gasteiger partial charge in [0.15, 0.2) is 23.3 Å². The van der Waals surface area contributed by atoms with Crippen molar-refractivity contribution in [2.45, 2.75) is 0 Å². The summed E-state index contributed by atoms with van der Waals surface area (Å²) in [6.07, 6.45) is 0. The van der Waals surface area contributed by atoms with Crippen LogP contribution >= 0.6 is 0 Å². The molecule has 0 amide bonds. The van der Waals surface area contributed by atoms with Gasteiger partial charge >= 0.3 is 0 Å². The van der Waals surface area contributed by atoms with Crippen LogP contribution in [-0.2, 0) is 0 Å². The molecule has 3 aromatic carbocycles. The van der Waals surface area contributed by atoms with Crippen molar-refractivity contribution in [2.75, 3.05) is 0 Å². The van der Waals surface area contributed by atoms with E-state index in [1.807, 2.05) is 0 Å². The lowest BCUT2D eigenvalue weighted by Gasteiger charge is -2.10. The molecule has 0 heterocycles. The van der Waals surface area contributed by atoms with Crippen molar-refractivity contribution in [1.29, 1.82) is 0 Å². The number of benzene rings is 3. The fraction of sp³-hybridized carbons (Fsp3) is 0. The lowest BCUT2D eigenvalue weighted by molar-refractivity contribution is 0.497. The molecular weight excluding hydrogens is 306 g/mol. The molecule has 3 rings (SSSR count). The Balaban J connectivity index is 2.44. The number of hydrogen-bond donors (Lipinski definition) is 0. The van der Waals surface area contributed by atoms with Crippen molar-refractivity contribution in [2.24, 2.45) is 0 Å². The second-order valence-corrected chi connectivity index (χ2v) is 4.63. The maximum absolute atomic E-state index is 13.9. The van der Waals surface area contributed by atoms with Crippen LogP contribution in [0.4, 0.5) is 26.3 Å². The van der Waals surface area contributed by atoms with Gasteiger partial charge in [0.1, 0.15) is 11.6 Å². The molecule has 0 aromatic heterocycles. The van der Waals surface area contributed by atoms with Gasteiger partial charge in [-0.25, -0.2) is 26.3 Å². The monoisotopic (exact) mass is 312 g/mol. The number of hydrogen-bond acceptors (Lipinski definition) is 0. The topological polar surface area (TPSA) is 0 Å². The largest absolute Gasteiger partial charge is 0.207 e. The first kappa shape index (κ1) is 14.4. The Morgan fingerprint density at radius 1 is 0.545 bits per heavy atom. The van der Waals surface area contributed by atoms with E-state index < -0.39 is 45.9 Å². The van der Waals surface area contributed by atoms with E-state index in [9.17, 15) is 26.3 Å². The summed E-state index contributed by atoms with van der Waals surface area (Å²) in [5.41, 5.74) is -0.653. The zero-order valence-electron chi connectivity index (χ0n) is 10.7. The summed E-state index contributed by atoms with van der Waals surface area (Å²) in [4.78, 5) is 0. The molecule has 0 aliphatic heterocycles. The highest BCUT2D eigenvalue weighted by Crippen LogP contribution is 2.35. The van der Waals surface area contributed by atoms with Crippen molar-refractivity contribution in [1.82, 2.24) is 0 Å². The first-order valence-corrected chi connectivity index (χ1v) is 6.11. The van der Waals surface area contributed by atoms with E-state index in [4.69, 9.17) is 0 Å². The van der Waals surface area contributed by atoms with Crippen LogP contribution in [0.5, 0.6) is 0 Å². The van der Waals surface area contributed by atoms with Crippen LogP contribution in [0.25, 0.3) is 21.9 Å². The Kier molecular flexibility index (Phi) is 3.31. The molecule has 0 unspecified atom stereocenters. The van der Waals surface area contributed by atoms with Gasteiger partial charge in [-0.15, -0.1) is 0 Å². The molecule has 0 N–H and O–H groups in total. The van der Waals surface area contributed by atoms with Crippen molar-refractivity contribution in [3.05, 3.63) is 71.3 Å². The third-order valence-electron chi connectivity index (χ3n) is 3.30. The van der Waals surface area contributed by atoms with Gasteiger partial charge in [-0.2, -0.15) is 0 Å². The van der Waals surface area contributed by atoms with E-state index in [0.29, 0.717) is 12.1 Å². The fourth-order valence-electron chi connectivity index (χ4n) is 2.33. The molecular formula is C16H6F6. The Labute approximate surface area is 120 Å². The van der Waals surface area contributed by atoms with Crippen LogP contribution in [0.1, 0.15) is 0 Å². The standard InChI is InChI=1S/C16H6F6/c17-7-5-10(15(21)13(20)6-7)8-1-3-11(18)14-9(8)2-4-12(19)16(14)22/h1-6H. The number of rotatable bonds is 1. The minimum Gasteiger partial charge on any atom is -0.207 e. The normalized spacial score (nSPS) is 11.2. The molecule has 0 spiro atoms. The molecule has 0 bridgehead atoms. The Morgan fingerprint density at radius 2 is 1.23 bits per heavy atom. The third-order valence-corrected chi connectivity index (χ3v) is 3.30. The second-order valence-electron chi connectivity index (χ2n) is 4.63. The average molecular weight is 312 g/mol. The third kappa shape index (κ3) is 2.11. The van der Waals surface area contributed by atoms with E-state index in [0.717, 1.165) is 24.3 Å². The van der Waals surface area contributed by atoms with Crippen LogP contribution < -0.4 is 0 Å². The van der Waals surface area contributed by atoms with E-state index >= 15 is 0 Å². The van der Waals surface area contributed by atoms with Crippen LogP contribution in [0.2, 0.25) is 0 Å². The quantitative estimate of drug-likeness (QED) is 0.420. The van der Waals surface area contributed by atoms with Crippen LogP contribution in [-0.4, -0.2) is 0 Å². The second kappa shape index (κ2) is 5.05. The Morgan fingerprint density at radius 3 is 1.95 bits per heavy atom. The Hall–Kier alpha value is -2.50. The molecule has 0 radical (unpaired) electrons. The van der Waals surface area contributed by atoms with Crippen LogP contribution in [0, 0.1) is 34.9 Å². The zero-order chi connectivity index (χ0) is 16.0. The first-order chi connectivity index (χ1) is 10.4. The van der Waals surface area contributed by atoms with Crippen molar-refractivity contribution >= 4 is 10.8 Å². The summed E-state index contributed by atoms with van der Waals surface area (Å²) in [6, 6.07) is 4.63. The maximum atomic E-state index is 13.9. The van der Waals surface area contributed by atoms with E-state index in [1.165, 1.54) is 0 Å². The van der Waals surface area contributed by atoms with Crippen LogP contribution in [0.3, 0.4) is 0 Å². The molecule has 6 heteroatoms. The molecule has 0 fully saturated rings. The highest BCUT2D eigenvalue weighted by molar-refractivity contribution is 5.97. The van der Waals surface area contributed by atoms with Crippen molar-refractivity contribution < 1.29 is 26.3 Å². The van der Waals surface area contributed by atoms with Crippen molar-refractivity contribution in [3.63, 3.8) is 0 Å². The van der Waals surface area contributed by atoms with Gasteiger partial charge in [0.2, 0.25) is 0 Å². The summed E-state index contributed by atoms with van der Waals surface area (Å²) < 4.78 is 81.2. The predicted molar refractivity (Wildman–Crippen MR) is 69.1 cm³/mol. The molecule has 0 aliphatic carbocycles. The van der Waals surface area contributed by atoms with Gasteiger partial charge < -0.3 is 0 Å². The number of halogens is 6.